The molecule has 1 aliphatic rings. The van der Waals surface area contributed by atoms with Crippen LogP contribution in [0.3, 0.4) is 0 Å². The molecule has 0 radical (unpaired) electrons. The number of aromatic nitrogens is 2. The topological polar surface area (TPSA) is 159 Å². The number of benzene rings is 3. The Bertz CT molecular complexity index is 1630. The fourth-order valence-corrected chi connectivity index (χ4v) is 5.50. The van der Waals surface area contributed by atoms with Crippen LogP contribution in [0.25, 0.3) is 21.8 Å². The fraction of sp³-hybridized carbons (Fsp3) is 0.333. The van der Waals surface area contributed by atoms with Gasteiger partial charge in [-0.05, 0) is 60.4 Å². The van der Waals surface area contributed by atoms with Gasteiger partial charge in [0, 0.05) is 42.8 Å². The second kappa shape index (κ2) is 10.9. The second-order valence-corrected chi connectivity index (χ2v) is 10.8. The number of hydrogen-bond acceptors (Lipinski definition) is 6. The summed E-state index contributed by atoms with van der Waals surface area (Å²) in [6.07, 6.45) is 1.76. The Hall–Kier alpha value is -4.60. The number of imidazole rings is 1. The first-order valence-corrected chi connectivity index (χ1v) is 13.5. The number of hydrazone groups is 1. The van der Waals surface area contributed by atoms with E-state index in [1.807, 2.05) is 31.2 Å². The van der Waals surface area contributed by atoms with E-state index in [9.17, 15) is 9.90 Å². The van der Waals surface area contributed by atoms with Crippen molar-refractivity contribution in [3.63, 3.8) is 0 Å². The van der Waals surface area contributed by atoms with E-state index in [1.165, 1.54) is 0 Å². The minimum atomic E-state index is -1.000. The van der Waals surface area contributed by atoms with Crippen LogP contribution in [-0.4, -0.2) is 56.3 Å². The van der Waals surface area contributed by atoms with Crippen LogP contribution in [0.1, 0.15) is 66.8 Å². The van der Waals surface area contributed by atoms with Crippen LogP contribution in [0.4, 0.5) is 5.69 Å². The van der Waals surface area contributed by atoms with Gasteiger partial charge in [-0.3, -0.25) is 5.41 Å². The first kappa shape index (κ1) is 27.0. The van der Waals surface area contributed by atoms with Crippen LogP contribution >= 0.6 is 0 Å². The van der Waals surface area contributed by atoms with Gasteiger partial charge in [0.05, 0.1) is 16.9 Å². The third kappa shape index (κ3) is 5.29. The average Bonchev–Trinajstić information content (AvgIpc) is 3.30. The lowest BCUT2D eigenvalue weighted by molar-refractivity contribution is 0.0699. The Balaban J connectivity index is 1.54. The Morgan fingerprint density at radius 3 is 2.52 bits per heavy atom. The number of rotatable bonds is 7. The van der Waals surface area contributed by atoms with E-state index < -0.39 is 5.97 Å². The normalized spacial score (nSPS) is 14.8. The van der Waals surface area contributed by atoms with Gasteiger partial charge in [-0.1, -0.05) is 38.1 Å². The van der Waals surface area contributed by atoms with E-state index in [0.717, 1.165) is 64.9 Å². The molecule has 0 saturated carbocycles. The maximum atomic E-state index is 12.3. The van der Waals surface area contributed by atoms with Gasteiger partial charge < -0.3 is 31.5 Å². The molecule has 10 heteroatoms. The van der Waals surface area contributed by atoms with Crippen LogP contribution in [0.5, 0.6) is 0 Å². The molecule has 1 aromatic heterocycles. The first-order valence-electron chi connectivity index (χ1n) is 13.5. The Kier molecular flexibility index (Phi) is 7.34. The van der Waals surface area contributed by atoms with Crippen LogP contribution < -0.4 is 16.9 Å². The summed E-state index contributed by atoms with van der Waals surface area (Å²) in [6.45, 7) is 8.10. The standard InChI is InChI=1S/C30H36N8O2/c1-17(2)29-35-27-25(30(39)40)14-24(34-23-8-10-37(11-9-23)18(3)31)15-26(27)38(29)16-19-4-5-20-6-7-21(28(32)36-33)13-22(20)12-19/h4-7,12-15,17,23,31,34H,8-11,16,33H2,1-3H3,(H2,32,36)(H,39,40). The van der Waals surface area contributed by atoms with Crippen LogP contribution in [0, 0.1) is 5.41 Å². The van der Waals surface area contributed by atoms with Crippen LogP contribution in [-0.2, 0) is 6.54 Å². The first-order chi connectivity index (χ1) is 19.1. The number of carboxylic acids is 1. The molecule has 40 heavy (non-hydrogen) atoms. The summed E-state index contributed by atoms with van der Waals surface area (Å²) in [6, 6.07) is 16.0. The number of carboxylic acid groups (broad SMARTS) is 1. The molecule has 0 aliphatic carbocycles. The van der Waals surface area contributed by atoms with Gasteiger partial charge in [0.25, 0.3) is 0 Å². The summed E-state index contributed by atoms with van der Waals surface area (Å²) in [7, 11) is 0. The number of anilines is 1. The van der Waals surface area contributed by atoms with Crippen molar-refractivity contribution in [1.82, 2.24) is 14.5 Å². The van der Waals surface area contributed by atoms with Gasteiger partial charge in [-0.2, -0.15) is 5.10 Å². The lowest BCUT2D eigenvalue weighted by Gasteiger charge is -2.33. The molecule has 0 amide bonds. The molecular weight excluding hydrogens is 504 g/mol. The Morgan fingerprint density at radius 1 is 1.15 bits per heavy atom. The molecule has 0 spiro atoms. The van der Waals surface area contributed by atoms with Gasteiger partial charge in [0.15, 0.2) is 0 Å². The Labute approximate surface area is 233 Å². The van der Waals surface area contributed by atoms with E-state index in [-0.39, 0.29) is 23.4 Å². The van der Waals surface area contributed by atoms with Crippen molar-refractivity contribution in [2.45, 2.75) is 52.1 Å². The van der Waals surface area contributed by atoms with Gasteiger partial charge in [-0.25, -0.2) is 9.78 Å². The van der Waals surface area contributed by atoms with Gasteiger partial charge in [0.1, 0.15) is 17.2 Å². The monoisotopic (exact) mass is 540 g/mol. The molecule has 10 nitrogen and oxygen atoms in total. The van der Waals surface area contributed by atoms with Crippen molar-refractivity contribution < 1.29 is 9.90 Å². The van der Waals surface area contributed by atoms with Crippen LogP contribution in [0.2, 0.25) is 0 Å². The maximum Gasteiger partial charge on any atom is 0.338 e. The molecule has 1 saturated heterocycles. The molecule has 2 heterocycles. The van der Waals surface area contributed by atoms with E-state index in [4.69, 9.17) is 22.0 Å². The van der Waals surface area contributed by atoms with Crippen molar-refractivity contribution in [1.29, 1.82) is 5.41 Å². The fourth-order valence-electron chi connectivity index (χ4n) is 5.50. The van der Waals surface area contributed by atoms with Crippen molar-refractivity contribution in [3.8, 4) is 0 Å². The number of hydrogen-bond donors (Lipinski definition) is 5. The third-order valence-electron chi connectivity index (χ3n) is 7.65. The van der Waals surface area contributed by atoms with Gasteiger partial charge in [0.2, 0.25) is 0 Å². The molecule has 0 bridgehead atoms. The zero-order chi connectivity index (χ0) is 28.6. The highest BCUT2D eigenvalue weighted by molar-refractivity contribution is 6.03. The molecule has 0 unspecified atom stereocenters. The highest BCUT2D eigenvalue weighted by atomic mass is 16.4. The Morgan fingerprint density at radius 2 is 1.88 bits per heavy atom. The molecule has 1 aliphatic heterocycles. The maximum absolute atomic E-state index is 12.3. The summed E-state index contributed by atoms with van der Waals surface area (Å²) in [5.41, 5.74) is 9.98. The summed E-state index contributed by atoms with van der Waals surface area (Å²) in [5.74, 6) is 6.16. The predicted molar refractivity (Wildman–Crippen MR) is 160 cm³/mol. The van der Waals surface area contributed by atoms with Gasteiger partial charge in [-0.15, -0.1) is 0 Å². The van der Waals surface area contributed by atoms with Crippen molar-refractivity contribution in [2.24, 2.45) is 16.7 Å². The zero-order valence-corrected chi connectivity index (χ0v) is 23.1. The number of nitrogens with one attached hydrogen (secondary N) is 2. The van der Waals surface area contributed by atoms with E-state index in [0.29, 0.717) is 17.9 Å². The third-order valence-corrected chi connectivity index (χ3v) is 7.65. The van der Waals surface area contributed by atoms with Crippen molar-refractivity contribution in [3.05, 3.63) is 71.0 Å². The quantitative estimate of drug-likeness (QED) is 0.0998. The molecule has 0 atom stereocenters. The molecule has 3 aromatic carbocycles. The molecule has 208 valence electrons. The summed E-state index contributed by atoms with van der Waals surface area (Å²) in [4.78, 5) is 19.3. The number of nitrogens with two attached hydrogens (primary N) is 2. The predicted octanol–water partition coefficient (Wildman–Crippen LogP) is 4.51. The van der Waals surface area contributed by atoms with E-state index in [1.54, 1.807) is 6.07 Å². The molecule has 4 aromatic rings. The summed E-state index contributed by atoms with van der Waals surface area (Å²) >= 11 is 0. The lowest BCUT2D eigenvalue weighted by Crippen LogP contribution is -2.41. The number of nitrogens with zero attached hydrogens (tertiary/aromatic N) is 4. The number of piperidine rings is 1. The summed E-state index contributed by atoms with van der Waals surface area (Å²) < 4.78 is 2.12. The second-order valence-electron chi connectivity index (χ2n) is 10.8. The highest BCUT2D eigenvalue weighted by Gasteiger charge is 2.23. The summed E-state index contributed by atoms with van der Waals surface area (Å²) in [5, 5.41) is 27.3. The number of aromatic carboxylic acids is 1. The number of likely N-dealkylation sites (tertiary alicyclic amines) is 1. The highest BCUT2D eigenvalue weighted by Crippen LogP contribution is 2.30. The molecule has 5 rings (SSSR count). The smallest absolute Gasteiger partial charge is 0.338 e. The van der Waals surface area contributed by atoms with E-state index >= 15 is 0 Å². The van der Waals surface area contributed by atoms with Crippen LogP contribution in [0.15, 0.2) is 53.6 Å². The van der Waals surface area contributed by atoms with Gasteiger partial charge >= 0.3 is 5.97 Å². The largest absolute Gasteiger partial charge is 0.478 e. The molecular formula is C30H36N8O2. The average molecular weight is 541 g/mol. The number of amidine groups is 2. The molecule has 7 N–H and O–H groups in total. The lowest BCUT2D eigenvalue weighted by atomic mass is 10.0. The zero-order valence-electron chi connectivity index (χ0n) is 23.1. The minimum absolute atomic E-state index is 0.0896. The minimum Gasteiger partial charge on any atom is -0.478 e. The number of fused-ring (bicyclic) bond motifs is 2. The van der Waals surface area contributed by atoms with Crippen molar-refractivity contribution in [2.75, 3.05) is 18.4 Å². The van der Waals surface area contributed by atoms with E-state index in [2.05, 4.69) is 51.9 Å². The number of carbonyl (C=O) groups is 1. The molecule has 1 fully saturated rings. The SMILES string of the molecule is CC(=N)N1CCC(Nc2cc(C(=O)O)c3nc(C(C)C)n(Cc4ccc5ccc(/C(N)=N/N)cc5c4)c3c2)CC1. The van der Waals surface area contributed by atoms with Crippen molar-refractivity contribution >= 4 is 45.1 Å².